The van der Waals surface area contributed by atoms with Crippen LogP contribution in [0.25, 0.3) is 33.0 Å². The van der Waals surface area contributed by atoms with Gasteiger partial charge in [-0.05, 0) is 51.7 Å². The van der Waals surface area contributed by atoms with Crippen molar-refractivity contribution in [2.45, 2.75) is 0 Å². The summed E-state index contributed by atoms with van der Waals surface area (Å²) in [5, 5.41) is 12.1. The quantitative estimate of drug-likeness (QED) is 0.509. The predicted molar refractivity (Wildman–Crippen MR) is 103 cm³/mol. The van der Waals surface area contributed by atoms with Gasteiger partial charge in [-0.3, -0.25) is 0 Å². The molecule has 0 heterocycles. The number of benzene rings is 4. The lowest BCUT2D eigenvalue weighted by atomic mass is 9.97. The van der Waals surface area contributed by atoms with Crippen molar-refractivity contribution in [2.75, 3.05) is 7.11 Å². The maximum Gasteiger partial charge on any atom is 0.130 e. The first kappa shape index (κ1) is 15.3. The van der Waals surface area contributed by atoms with Gasteiger partial charge in [0, 0.05) is 11.6 Å². The van der Waals surface area contributed by atoms with Crippen LogP contribution >= 0.6 is 0 Å². The van der Waals surface area contributed by atoms with Crippen LogP contribution in [0.15, 0.2) is 84.9 Å². The van der Waals surface area contributed by atoms with Gasteiger partial charge in [0.1, 0.15) is 11.5 Å². The molecule has 2 heteroatoms. The van der Waals surface area contributed by atoms with Crippen LogP contribution in [0.5, 0.6) is 11.5 Å². The summed E-state index contributed by atoms with van der Waals surface area (Å²) in [5.74, 6) is 0.863. The minimum absolute atomic E-state index is 0.200. The highest BCUT2D eigenvalue weighted by Crippen LogP contribution is 2.35. The van der Waals surface area contributed by atoms with Crippen LogP contribution in [0.3, 0.4) is 0 Å². The van der Waals surface area contributed by atoms with E-state index in [1.165, 1.54) is 16.3 Å². The molecule has 25 heavy (non-hydrogen) atoms. The lowest BCUT2D eigenvalue weighted by molar-refractivity contribution is 0.409. The van der Waals surface area contributed by atoms with E-state index in [1.54, 1.807) is 19.2 Å². The van der Waals surface area contributed by atoms with Gasteiger partial charge in [-0.25, -0.2) is 0 Å². The Morgan fingerprint density at radius 3 is 2.24 bits per heavy atom. The summed E-state index contributed by atoms with van der Waals surface area (Å²) in [4.78, 5) is 0. The molecule has 0 fully saturated rings. The Morgan fingerprint density at radius 2 is 1.40 bits per heavy atom. The third kappa shape index (κ3) is 2.94. The van der Waals surface area contributed by atoms with Crippen LogP contribution in [-0.4, -0.2) is 12.2 Å². The molecule has 0 aliphatic carbocycles. The molecule has 0 atom stereocenters. The van der Waals surface area contributed by atoms with Gasteiger partial charge in [-0.15, -0.1) is 0 Å². The summed E-state index contributed by atoms with van der Waals surface area (Å²) in [5.41, 5.74) is 4.35. The second-order valence-corrected chi connectivity index (χ2v) is 6.03. The molecule has 0 spiro atoms. The molecule has 0 aliphatic heterocycles. The zero-order valence-electron chi connectivity index (χ0n) is 13.9. The summed E-state index contributed by atoms with van der Waals surface area (Å²) in [6, 6.07) is 28.4. The molecule has 0 unspecified atom stereocenters. The van der Waals surface area contributed by atoms with Crippen molar-refractivity contribution in [1.82, 2.24) is 0 Å². The van der Waals surface area contributed by atoms with Crippen LogP contribution < -0.4 is 4.74 Å². The van der Waals surface area contributed by atoms with Crippen molar-refractivity contribution in [3.05, 3.63) is 84.9 Å². The fourth-order valence-electron chi connectivity index (χ4n) is 3.15. The zero-order chi connectivity index (χ0) is 17.2. The lowest BCUT2D eigenvalue weighted by Gasteiger charge is -2.11. The van der Waals surface area contributed by atoms with Gasteiger partial charge >= 0.3 is 0 Å². The second kappa shape index (κ2) is 6.33. The van der Waals surface area contributed by atoms with Gasteiger partial charge in [-0.1, -0.05) is 54.6 Å². The van der Waals surface area contributed by atoms with Crippen LogP contribution in [-0.2, 0) is 0 Å². The molecule has 1 N–H and O–H groups in total. The van der Waals surface area contributed by atoms with E-state index in [0.29, 0.717) is 5.75 Å². The average Bonchev–Trinajstić information content (AvgIpc) is 2.67. The number of hydrogen-bond donors (Lipinski definition) is 1. The Bertz CT molecular complexity index is 1050. The first-order valence-corrected chi connectivity index (χ1v) is 8.21. The molecule has 2 nitrogen and oxygen atoms in total. The number of hydrogen-bond acceptors (Lipinski definition) is 2. The normalized spacial score (nSPS) is 10.8. The number of ether oxygens (including phenoxy) is 1. The molecular formula is C23H18O2. The summed E-state index contributed by atoms with van der Waals surface area (Å²) >= 11 is 0. The van der Waals surface area contributed by atoms with Gasteiger partial charge in [-0.2, -0.15) is 0 Å². The lowest BCUT2D eigenvalue weighted by Crippen LogP contribution is -1.88. The van der Waals surface area contributed by atoms with Gasteiger partial charge in [0.2, 0.25) is 0 Å². The summed E-state index contributed by atoms with van der Waals surface area (Å²) < 4.78 is 5.42. The van der Waals surface area contributed by atoms with Crippen molar-refractivity contribution in [1.29, 1.82) is 0 Å². The minimum Gasteiger partial charge on any atom is -0.508 e. The van der Waals surface area contributed by atoms with Crippen LogP contribution in [0.2, 0.25) is 0 Å². The van der Waals surface area contributed by atoms with Gasteiger partial charge < -0.3 is 9.84 Å². The van der Waals surface area contributed by atoms with E-state index in [9.17, 15) is 5.11 Å². The van der Waals surface area contributed by atoms with E-state index < -0.39 is 0 Å². The number of methoxy groups -OCH3 is 1. The minimum atomic E-state index is 0.200. The van der Waals surface area contributed by atoms with E-state index in [4.69, 9.17) is 4.74 Å². The molecule has 0 aromatic heterocycles. The summed E-state index contributed by atoms with van der Waals surface area (Å²) in [6.45, 7) is 0. The van der Waals surface area contributed by atoms with E-state index in [1.807, 2.05) is 12.1 Å². The Hall–Kier alpha value is -3.26. The van der Waals surface area contributed by atoms with Crippen molar-refractivity contribution < 1.29 is 9.84 Å². The average molecular weight is 326 g/mol. The molecule has 4 rings (SSSR count). The SMILES string of the molecule is COc1cc(O)ccc1-c1cccc(-c2ccc3ccccc3c2)c1. The summed E-state index contributed by atoms with van der Waals surface area (Å²) in [6.07, 6.45) is 0. The molecule has 4 aromatic carbocycles. The Labute approximate surface area is 146 Å². The van der Waals surface area contributed by atoms with Crippen molar-refractivity contribution in [3.63, 3.8) is 0 Å². The van der Waals surface area contributed by atoms with Crippen molar-refractivity contribution in [2.24, 2.45) is 0 Å². The van der Waals surface area contributed by atoms with Gasteiger partial charge in [0.15, 0.2) is 0 Å². The number of fused-ring (bicyclic) bond motifs is 1. The highest BCUT2D eigenvalue weighted by molar-refractivity contribution is 5.88. The Kier molecular flexibility index (Phi) is 3.87. The number of phenols is 1. The third-order valence-corrected chi connectivity index (χ3v) is 4.44. The molecule has 0 saturated heterocycles. The first-order chi connectivity index (χ1) is 12.2. The molecule has 0 radical (unpaired) electrons. The molecule has 0 saturated carbocycles. The highest BCUT2D eigenvalue weighted by atomic mass is 16.5. The van der Waals surface area contributed by atoms with Gasteiger partial charge in [0.05, 0.1) is 7.11 Å². The fourth-order valence-corrected chi connectivity index (χ4v) is 3.15. The number of aromatic hydroxyl groups is 1. The van der Waals surface area contributed by atoms with E-state index in [-0.39, 0.29) is 5.75 Å². The van der Waals surface area contributed by atoms with Gasteiger partial charge in [0.25, 0.3) is 0 Å². The molecule has 4 aromatic rings. The zero-order valence-corrected chi connectivity index (χ0v) is 13.9. The molecule has 0 bridgehead atoms. The smallest absolute Gasteiger partial charge is 0.130 e. The topological polar surface area (TPSA) is 29.5 Å². The Balaban J connectivity index is 1.81. The Morgan fingerprint density at radius 1 is 0.640 bits per heavy atom. The van der Waals surface area contributed by atoms with Crippen LogP contribution in [0.1, 0.15) is 0 Å². The van der Waals surface area contributed by atoms with Crippen LogP contribution in [0.4, 0.5) is 0 Å². The third-order valence-electron chi connectivity index (χ3n) is 4.44. The standard InChI is InChI=1S/C23H18O2/c1-25-23-15-21(24)11-12-22(23)20-8-4-7-18(14-20)19-10-9-16-5-2-3-6-17(16)13-19/h2-15,24H,1H3. The van der Waals surface area contributed by atoms with Crippen LogP contribution in [0, 0.1) is 0 Å². The maximum absolute atomic E-state index is 9.67. The summed E-state index contributed by atoms with van der Waals surface area (Å²) in [7, 11) is 1.62. The molecular weight excluding hydrogens is 308 g/mol. The first-order valence-electron chi connectivity index (χ1n) is 8.21. The van der Waals surface area contributed by atoms with Crippen molar-refractivity contribution in [3.8, 4) is 33.8 Å². The van der Waals surface area contributed by atoms with E-state index >= 15 is 0 Å². The largest absolute Gasteiger partial charge is 0.508 e. The maximum atomic E-state index is 9.67. The monoisotopic (exact) mass is 326 g/mol. The molecule has 122 valence electrons. The van der Waals surface area contributed by atoms with Crippen molar-refractivity contribution >= 4 is 10.8 Å². The predicted octanol–water partition coefficient (Wildman–Crippen LogP) is 5.89. The van der Waals surface area contributed by atoms with E-state index in [0.717, 1.165) is 16.7 Å². The number of rotatable bonds is 3. The fraction of sp³-hybridized carbons (Fsp3) is 0.0435. The van der Waals surface area contributed by atoms with E-state index in [2.05, 4.69) is 60.7 Å². The number of phenolic OH excluding ortho intramolecular Hbond substituents is 1. The molecule has 0 aliphatic rings. The highest BCUT2D eigenvalue weighted by Gasteiger charge is 2.08. The second-order valence-electron chi connectivity index (χ2n) is 6.03. The molecule has 0 amide bonds.